The summed E-state index contributed by atoms with van der Waals surface area (Å²) in [6.45, 7) is 8.03. The third-order valence-corrected chi connectivity index (χ3v) is 5.05. The summed E-state index contributed by atoms with van der Waals surface area (Å²) in [5, 5.41) is 3.54. The van der Waals surface area contributed by atoms with Crippen molar-refractivity contribution in [1.82, 2.24) is 4.90 Å². The second kappa shape index (κ2) is 9.18. The molecule has 0 unspecified atom stereocenters. The van der Waals surface area contributed by atoms with E-state index in [1.165, 1.54) is 0 Å². The summed E-state index contributed by atoms with van der Waals surface area (Å²) in [5.41, 5.74) is 1.93. The molecule has 7 heteroatoms. The van der Waals surface area contributed by atoms with E-state index in [2.05, 4.69) is 10.2 Å². The Morgan fingerprint density at radius 1 is 1.07 bits per heavy atom. The molecule has 1 aliphatic rings. The van der Waals surface area contributed by atoms with Crippen molar-refractivity contribution < 1.29 is 14.3 Å². The number of piperazine rings is 1. The highest BCUT2D eigenvalue weighted by atomic mass is 35.5. The van der Waals surface area contributed by atoms with Gasteiger partial charge in [0.15, 0.2) is 0 Å². The van der Waals surface area contributed by atoms with E-state index in [9.17, 15) is 9.59 Å². The third-order valence-electron chi connectivity index (χ3n) is 4.74. The van der Waals surface area contributed by atoms with Gasteiger partial charge in [-0.25, -0.2) is 0 Å². The van der Waals surface area contributed by atoms with Gasteiger partial charge in [0.2, 0.25) is 5.91 Å². The molecule has 0 aliphatic carbocycles. The largest absolute Gasteiger partial charge is 0.491 e. The first-order chi connectivity index (χ1) is 13.8. The molecular weight excluding hydrogens is 390 g/mol. The van der Waals surface area contributed by atoms with E-state index in [1.807, 2.05) is 36.9 Å². The lowest BCUT2D eigenvalue weighted by molar-refractivity contribution is -0.129. The first-order valence-electron chi connectivity index (χ1n) is 9.72. The van der Waals surface area contributed by atoms with Crippen molar-refractivity contribution in [1.29, 1.82) is 0 Å². The Labute approximate surface area is 176 Å². The van der Waals surface area contributed by atoms with E-state index in [0.717, 1.165) is 5.69 Å². The van der Waals surface area contributed by atoms with Crippen LogP contribution < -0.4 is 15.0 Å². The van der Waals surface area contributed by atoms with Gasteiger partial charge in [0.1, 0.15) is 5.75 Å². The molecule has 1 saturated heterocycles. The van der Waals surface area contributed by atoms with Crippen molar-refractivity contribution in [3.63, 3.8) is 0 Å². The number of ether oxygens (including phenoxy) is 1. The van der Waals surface area contributed by atoms with Crippen LogP contribution in [-0.4, -0.2) is 49.0 Å². The van der Waals surface area contributed by atoms with Gasteiger partial charge in [0.25, 0.3) is 5.91 Å². The molecule has 1 N–H and O–H groups in total. The molecule has 2 aromatic carbocycles. The maximum atomic E-state index is 12.9. The topological polar surface area (TPSA) is 61.9 Å². The second-order valence-electron chi connectivity index (χ2n) is 7.28. The summed E-state index contributed by atoms with van der Waals surface area (Å²) in [7, 11) is 0. The van der Waals surface area contributed by atoms with Crippen molar-refractivity contribution in [3.05, 3.63) is 53.1 Å². The molecular formula is C22H26ClN3O3. The quantitative estimate of drug-likeness (QED) is 0.800. The molecule has 154 valence electrons. The lowest BCUT2D eigenvalue weighted by Crippen LogP contribution is -2.48. The molecule has 0 bridgehead atoms. The summed E-state index contributed by atoms with van der Waals surface area (Å²) < 4.78 is 5.68. The number of para-hydroxylation sites is 1. The molecule has 2 aromatic rings. The zero-order valence-electron chi connectivity index (χ0n) is 16.9. The third kappa shape index (κ3) is 5.21. The van der Waals surface area contributed by atoms with Gasteiger partial charge in [-0.2, -0.15) is 0 Å². The van der Waals surface area contributed by atoms with Crippen molar-refractivity contribution in [2.45, 2.75) is 26.9 Å². The van der Waals surface area contributed by atoms with Crippen LogP contribution in [0.25, 0.3) is 0 Å². The number of carbonyl (C=O) groups is 2. The van der Waals surface area contributed by atoms with Crippen LogP contribution in [0.1, 0.15) is 31.1 Å². The van der Waals surface area contributed by atoms with E-state index in [1.54, 1.807) is 31.2 Å². The predicted molar refractivity (Wildman–Crippen MR) is 116 cm³/mol. The Bertz CT molecular complexity index is 893. The van der Waals surface area contributed by atoms with Gasteiger partial charge in [-0.05, 0) is 44.2 Å². The van der Waals surface area contributed by atoms with Crippen LogP contribution in [0, 0.1) is 0 Å². The predicted octanol–water partition coefficient (Wildman–Crippen LogP) is 4.05. The second-order valence-corrected chi connectivity index (χ2v) is 7.68. The van der Waals surface area contributed by atoms with Gasteiger partial charge in [-0.15, -0.1) is 0 Å². The van der Waals surface area contributed by atoms with E-state index in [-0.39, 0.29) is 17.9 Å². The number of benzene rings is 2. The molecule has 6 nitrogen and oxygen atoms in total. The number of carbonyl (C=O) groups excluding carboxylic acids is 2. The number of halogens is 1. The van der Waals surface area contributed by atoms with E-state index < -0.39 is 0 Å². The van der Waals surface area contributed by atoms with Crippen molar-refractivity contribution in [3.8, 4) is 5.75 Å². The first-order valence-corrected chi connectivity index (χ1v) is 10.1. The molecule has 29 heavy (non-hydrogen) atoms. The molecule has 0 radical (unpaired) electrons. The Morgan fingerprint density at radius 2 is 1.76 bits per heavy atom. The minimum Gasteiger partial charge on any atom is -0.491 e. The summed E-state index contributed by atoms with van der Waals surface area (Å²) in [4.78, 5) is 28.4. The van der Waals surface area contributed by atoms with Crippen LogP contribution in [0.2, 0.25) is 5.02 Å². The molecule has 0 saturated carbocycles. The zero-order chi connectivity index (χ0) is 21.0. The van der Waals surface area contributed by atoms with Crippen molar-refractivity contribution >= 4 is 34.8 Å². The fourth-order valence-electron chi connectivity index (χ4n) is 3.36. The van der Waals surface area contributed by atoms with Gasteiger partial charge >= 0.3 is 0 Å². The summed E-state index contributed by atoms with van der Waals surface area (Å²) in [6, 6.07) is 12.6. The molecule has 0 atom stereocenters. The molecule has 2 amide bonds. The minimum absolute atomic E-state index is 0.0292. The number of nitrogens with one attached hydrogen (secondary N) is 1. The van der Waals surface area contributed by atoms with Gasteiger partial charge < -0.3 is 19.9 Å². The first kappa shape index (κ1) is 21.0. The summed E-state index contributed by atoms with van der Waals surface area (Å²) >= 11 is 6.48. The molecule has 1 fully saturated rings. The lowest BCUT2D eigenvalue weighted by atomic mass is 10.1. The van der Waals surface area contributed by atoms with Crippen LogP contribution in [-0.2, 0) is 4.79 Å². The van der Waals surface area contributed by atoms with E-state index in [4.69, 9.17) is 16.3 Å². The maximum absolute atomic E-state index is 12.9. The average molecular weight is 416 g/mol. The van der Waals surface area contributed by atoms with Crippen LogP contribution in [0.5, 0.6) is 5.75 Å². The molecule has 0 aromatic heterocycles. The van der Waals surface area contributed by atoms with E-state index >= 15 is 0 Å². The number of rotatable bonds is 5. The fraction of sp³-hybridized carbons (Fsp3) is 0.364. The van der Waals surface area contributed by atoms with Crippen molar-refractivity contribution in [2.24, 2.45) is 0 Å². The number of hydrogen-bond donors (Lipinski definition) is 1. The highest BCUT2D eigenvalue weighted by Crippen LogP contribution is 2.35. The molecule has 1 heterocycles. The lowest BCUT2D eigenvalue weighted by Gasteiger charge is -2.37. The number of anilines is 2. The minimum atomic E-state index is -0.231. The van der Waals surface area contributed by atoms with Crippen LogP contribution >= 0.6 is 11.6 Å². The SMILES string of the molecule is CC(=O)N1CCN(c2c(Cl)cccc2NC(=O)c2cccc(OC(C)C)c2)CC1. The van der Waals surface area contributed by atoms with Crippen LogP contribution in [0.4, 0.5) is 11.4 Å². The Hall–Kier alpha value is -2.73. The maximum Gasteiger partial charge on any atom is 0.255 e. The number of hydrogen-bond acceptors (Lipinski definition) is 4. The smallest absolute Gasteiger partial charge is 0.255 e. The molecule has 3 rings (SSSR count). The van der Waals surface area contributed by atoms with E-state index in [0.29, 0.717) is 48.2 Å². The Balaban J connectivity index is 1.79. The van der Waals surface area contributed by atoms with Gasteiger partial charge in [-0.1, -0.05) is 23.7 Å². The van der Waals surface area contributed by atoms with Crippen LogP contribution in [0.3, 0.4) is 0 Å². The number of amides is 2. The summed E-state index contributed by atoms with van der Waals surface area (Å²) in [6.07, 6.45) is 0.0292. The van der Waals surface area contributed by atoms with Crippen molar-refractivity contribution in [2.75, 3.05) is 36.4 Å². The van der Waals surface area contributed by atoms with Gasteiger partial charge in [-0.3, -0.25) is 9.59 Å². The zero-order valence-corrected chi connectivity index (χ0v) is 17.7. The summed E-state index contributed by atoms with van der Waals surface area (Å²) in [5.74, 6) is 0.491. The molecule has 0 spiro atoms. The van der Waals surface area contributed by atoms with Gasteiger partial charge in [0, 0.05) is 38.7 Å². The normalized spacial score (nSPS) is 14.1. The standard InChI is InChI=1S/C22H26ClN3O3/c1-15(2)29-18-7-4-6-17(14-18)22(28)24-20-9-5-8-19(23)21(20)26-12-10-25(11-13-26)16(3)27/h4-9,14-15H,10-13H2,1-3H3,(H,24,28). The highest BCUT2D eigenvalue weighted by Gasteiger charge is 2.23. The number of nitrogens with zero attached hydrogens (tertiary/aromatic N) is 2. The molecule has 1 aliphatic heterocycles. The average Bonchev–Trinajstić information content (AvgIpc) is 2.68. The van der Waals surface area contributed by atoms with Gasteiger partial charge in [0.05, 0.1) is 22.5 Å². The fourth-order valence-corrected chi connectivity index (χ4v) is 3.65. The monoisotopic (exact) mass is 415 g/mol. The van der Waals surface area contributed by atoms with Crippen LogP contribution in [0.15, 0.2) is 42.5 Å². The Morgan fingerprint density at radius 3 is 2.41 bits per heavy atom. The highest BCUT2D eigenvalue weighted by molar-refractivity contribution is 6.34. The Kier molecular flexibility index (Phi) is 6.64.